The standard InChI is InChI=1S/C25H22F4N2O2/c26-20-13-11-17(12-14-20)15-16-24(33-23(32)25(27,28)29)30-21(18-7-3-1-4-8-18)22(31-24)19-9-5-2-6-10-19/h1-14,21-22,30-31H,15-16H2. The van der Waals surface area contributed by atoms with E-state index in [-0.39, 0.29) is 12.8 Å². The average Bonchev–Trinajstić information content (AvgIpc) is 3.19. The number of benzene rings is 3. The number of halogens is 4. The zero-order valence-electron chi connectivity index (χ0n) is 17.5. The highest BCUT2D eigenvalue weighted by atomic mass is 19.4. The molecule has 0 bridgehead atoms. The van der Waals surface area contributed by atoms with Crippen LogP contribution < -0.4 is 10.6 Å². The number of alkyl halides is 3. The summed E-state index contributed by atoms with van der Waals surface area (Å²) in [6.07, 6.45) is -4.92. The van der Waals surface area contributed by atoms with Crippen molar-refractivity contribution in [2.45, 2.75) is 37.0 Å². The minimum Gasteiger partial charge on any atom is -0.424 e. The van der Waals surface area contributed by atoms with Gasteiger partial charge in [-0.15, -0.1) is 0 Å². The molecule has 4 rings (SSSR count). The molecule has 0 amide bonds. The van der Waals surface area contributed by atoms with Crippen molar-refractivity contribution in [2.24, 2.45) is 0 Å². The molecule has 0 aromatic heterocycles. The summed E-state index contributed by atoms with van der Waals surface area (Å²) in [7, 11) is 0. The summed E-state index contributed by atoms with van der Waals surface area (Å²) >= 11 is 0. The molecule has 2 N–H and O–H groups in total. The summed E-state index contributed by atoms with van der Waals surface area (Å²) in [5.74, 6) is -4.49. The lowest BCUT2D eigenvalue weighted by molar-refractivity contribution is -0.219. The number of hydrogen-bond donors (Lipinski definition) is 2. The molecular formula is C25H22F4N2O2. The van der Waals surface area contributed by atoms with Crippen molar-refractivity contribution in [1.29, 1.82) is 0 Å². The molecule has 0 radical (unpaired) electrons. The summed E-state index contributed by atoms with van der Waals surface area (Å²) in [6, 6.07) is 23.2. The Morgan fingerprint density at radius 1 is 0.818 bits per heavy atom. The van der Waals surface area contributed by atoms with Crippen molar-refractivity contribution in [1.82, 2.24) is 10.6 Å². The summed E-state index contributed by atoms with van der Waals surface area (Å²) in [5.41, 5.74) is 2.35. The predicted molar refractivity (Wildman–Crippen MR) is 114 cm³/mol. The Morgan fingerprint density at radius 3 is 1.76 bits per heavy atom. The van der Waals surface area contributed by atoms with Gasteiger partial charge >= 0.3 is 12.1 Å². The van der Waals surface area contributed by atoms with Crippen LogP contribution in [-0.2, 0) is 16.0 Å². The van der Waals surface area contributed by atoms with Gasteiger partial charge in [0.05, 0.1) is 12.1 Å². The third-order valence-electron chi connectivity index (χ3n) is 5.61. The maximum atomic E-state index is 13.3. The van der Waals surface area contributed by atoms with E-state index in [9.17, 15) is 22.4 Å². The number of aryl methyl sites for hydroxylation is 1. The molecule has 1 fully saturated rings. The first-order valence-electron chi connectivity index (χ1n) is 10.5. The zero-order chi connectivity index (χ0) is 23.5. The molecule has 33 heavy (non-hydrogen) atoms. The van der Waals surface area contributed by atoms with Crippen LogP contribution in [0.1, 0.15) is 35.2 Å². The second kappa shape index (κ2) is 9.33. The molecule has 0 saturated carbocycles. The van der Waals surface area contributed by atoms with E-state index in [0.29, 0.717) is 5.56 Å². The van der Waals surface area contributed by atoms with Gasteiger partial charge in [0.2, 0.25) is 5.85 Å². The van der Waals surface area contributed by atoms with Gasteiger partial charge in [-0.1, -0.05) is 72.8 Å². The molecule has 2 unspecified atom stereocenters. The van der Waals surface area contributed by atoms with E-state index in [2.05, 4.69) is 10.6 Å². The van der Waals surface area contributed by atoms with Gasteiger partial charge in [-0.05, 0) is 35.2 Å². The van der Waals surface area contributed by atoms with Crippen LogP contribution in [0.5, 0.6) is 0 Å². The van der Waals surface area contributed by atoms with E-state index in [4.69, 9.17) is 4.74 Å². The van der Waals surface area contributed by atoms with Gasteiger partial charge in [0.15, 0.2) is 0 Å². The third kappa shape index (κ3) is 5.40. The number of nitrogens with one attached hydrogen (secondary N) is 2. The second-order valence-corrected chi connectivity index (χ2v) is 7.91. The molecule has 8 heteroatoms. The number of hydrogen-bond acceptors (Lipinski definition) is 4. The molecule has 4 nitrogen and oxygen atoms in total. The molecule has 3 aromatic carbocycles. The van der Waals surface area contributed by atoms with E-state index in [1.807, 2.05) is 60.7 Å². The summed E-state index contributed by atoms with van der Waals surface area (Å²) in [6.45, 7) is 0. The van der Waals surface area contributed by atoms with Crippen molar-refractivity contribution in [3.63, 3.8) is 0 Å². The third-order valence-corrected chi connectivity index (χ3v) is 5.61. The Labute approximate surface area is 188 Å². The van der Waals surface area contributed by atoms with Crippen LogP contribution in [-0.4, -0.2) is 18.0 Å². The number of carbonyl (C=O) groups is 1. The van der Waals surface area contributed by atoms with Crippen LogP contribution in [0.3, 0.4) is 0 Å². The fourth-order valence-corrected chi connectivity index (χ4v) is 4.02. The van der Waals surface area contributed by atoms with Crippen LogP contribution >= 0.6 is 0 Å². The first kappa shape index (κ1) is 22.9. The van der Waals surface area contributed by atoms with Crippen LogP contribution in [0.4, 0.5) is 17.6 Å². The Bertz CT molecular complexity index is 1030. The summed E-state index contributed by atoms with van der Waals surface area (Å²) in [4.78, 5) is 11.9. The predicted octanol–water partition coefficient (Wildman–Crippen LogP) is 5.19. The molecule has 3 aromatic rings. The van der Waals surface area contributed by atoms with Gasteiger partial charge in [-0.2, -0.15) is 13.2 Å². The smallest absolute Gasteiger partial charge is 0.424 e. The Morgan fingerprint density at radius 2 is 1.30 bits per heavy atom. The normalized spacial score (nSPS) is 22.8. The molecule has 1 aliphatic rings. The lowest BCUT2D eigenvalue weighted by Crippen LogP contribution is -2.55. The molecule has 0 spiro atoms. The number of ether oxygens (including phenoxy) is 1. The van der Waals surface area contributed by atoms with E-state index in [0.717, 1.165) is 11.1 Å². The van der Waals surface area contributed by atoms with Gasteiger partial charge < -0.3 is 4.74 Å². The molecular weight excluding hydrogens is 436 g/mol. The van der Waals surface area contributed by atoms with Crippen molar-refractivity contribution >= 4 is 5.97 Å². The van der Waals surface area contributed by atoms with Crippen LogP contribution in [0.2, 0.25) is 0 Å². The fourth-order valence-electron chi connectivity index (χ4n) is 4.02. The van der Waals surface area contributed by atoms with E-state index >= 15 is 0 Å². The van der Waals surface area contributed by atoms with Gasteiger partial charge in [-0.3, -0.25) is 10.6 Å². The monoisotopic (exact) mass is 458 g/mol. The zero-order valence-corrected chi connectivity index (χ0v) is 17.5. The number of esters is 1. The highest BCUT2D eigenvalue weighted by Crippen LogP contribution is 2.39. The van der Waals surface area contributed by atoms with Crippen LogP contribution in [0, 0.1) is 5.82 Å². The SMILES string of the molecule is O=C(OC1(CCc2ccc(F)cc2)NC(c2ccccc2)C(c2ccccc2)N1)C(F)(F)F. The lowest BCUT2D eigenvalue weighted by atomic mass is 9.95. The number of carbonyl (C=O) groups excluding carboxylic acids is 1. The van der Waals surface area contributed by atoms with E-state index < -0.39 is 35.9 Å². The first-order chi connectivity index (χ1) is 15.8. The Kier molecular flexibility index (Phi) is 6.49. The highest BCUT2D eigenvalue weighted by molar-refractivity contribution is 5.76. The van der Waals surface area contributed by atoms with Crippen molar-refractivity contribution < 1.29 is 27.1 Å². The van der Waals surface area contributed by atoms with Gasteiger partial charge in [0, 0.05) is 6.42 Å². The summed E-state index contributed by atoms with van der Waals surface area (Å²) in [5, 5.41) is 6.25. The molecule has 2 atom stereocenters. The molecule has 172 valence electrons. The first-order valence-corrected chi connectivity index (χ1v) is 10.5. The molecule has 1 saturated heterocycles. The van der Waals surface area contributed by atoms with Crippen molar-refractivity contribution in [3.8, 4) is 0 Å². The maximum absolute atomic E-state index is 13.3. The van der Waals surface area contributed by atoms with Crippen molar-refractivity contribution in [3.05, 3.63) is 107 Å². The quantitative estimate of drug-likeness (QED) is 0.394. The number of rotatable bonds is 6. The fraction of sp³-hybridized carbons (Fsp3) is 0.240. The average molecular weight is 458 g/mol. The topological polar surface area (TPSA) is 50.4 Å². The highest BCUT2D eigenvalue weighted by Gasteiger charge is 2.52. The van der Waals surface area contributed by atoms with E-state index in [1.54, 1.807) is 12.1 Å². The molecule has 1 heterocycles. The largest absolute Gasteiger partial charge is 0.491 e. The van der Waals surface area contributed by atoms with Gasteiger partial charge in [0.25, 0.3) is 0 Å². The van der Waals surface area contributed by atoms with Crippen molar-refractivity contribution in [2.75, 3.05) is 0 Å². The van der Waals surface area contributed by atoms with Gasteiger partial charge in [0.1, 0.15) is 5.82 Å². The Balaban J connectivity index is 1.69. The minimum atomic E-state index is -5.15. The maximum Gasteiger partial charge on any atom is 0.491 e. The second-order valence-electron chi connectivity index (χ2n) is 7.91. The lowest BCUT2D eigenvalue weighted by Gasteiger charge is -2.31. The summed E-state index contributed by atoms with van der Waals surface area (Å²) < 4.78 is 57.8. The van der Waals surface area contributed by atoms with Crippen LogP contribution in [0.15, 0.2) is 84.9 Å². The minimum absolute atomic E-state index is 0.00683. The van der Waals surface area contributed by atoms with Crippen LogP contribution in [0.25, 0.3) is 0 Å². The molecule has 1 aliphatic heterocycles. The van der Waals surface area contributed by atoms with E-state index in [1.165, 1.54) is 12.1 Å². The van der Waals surface area contributed by atoms with Gasteiger partial charge in [-0.25, -0.2) is 9.18 Å². The molecule has 0 aliphatic carbocycles. The Hall–Kier alpha value is -3.23.